The van der Waals surface area contributed by atoms with Crippen molar-refractivity contribution in [3.05, 3.63) is 0 Å². The predicted molar refractivity (Wildman–Crippen MR) is 105 cm³/mol. The summed E-state index contributed by atoms with van der Waals surface area (Å²) in [6.45, 7) is 3.76. The summed E-state index contributed by atoms with van der Waals surface area (Å²) in [6.07, 6.45) is 8.85. The van der Waals surface area contributed by atoms with Crippen LogP contribution in [-0.2, 0) is 29.2 Å². The van der Waals surface area contributed by atoms with Crippen molar-refractivity contribution in [2.75, 3.05) is 6.61 Å². The molecular formula is C19H36O8S. The summed E-state index contributed by atoms with van der Waals surface area (Å²) < 4.78 is 41.3. The van der Waals surface area contributed by atoms with Crippen molar-refractivity contribution in [3.63, 3.8) is 0 Å². The van der Waals surface area contributed by atoms with Gasteiger partial charge in [-0.25, -0.2) is 0 Å². The average molecular weight is 425 g/mol. The van der Waals surface area contributed by atoms with Crippen LogP contribution in [0, 0.1) is 0 Å². The maximum Gasteiger partial charge on any atom is 0.327 e. The molecule has 0 fully saturated rings. The van der Waals surface area contributed by atoms with E-state index in [1.54, 1.807) is 6.92 Å². The molecule has 8 nitrogen and oxygen atoms in total. The normalized spacial score (nSPS) is 13.7. The Morgan fingerprint density at radius 2 is 1.39 bits per heavy atom. The van der Waals surface area contributed by atoms with E-state index in [0.717, 1.165) is 19.3 Å². The number of hydrogen-bond donors (Lipinski definition) is 2. The van der Waals surface area contributed by atoms with Gasteiger partial charge in [0, 0.05) is 6.42 Å². The lowest BCUT2D eigenvalue weighted by Gasteiger charge is -2.14. The third-order valence-electron chi connectivity index (χ3n) is 4.33. The molecule has 0 aliphatic carbocycles. The van der Waals surface area contributed by atoms with Crippen LogP contribution >= 0.6 is 0 Å². The minimum atomic E-state index is -4.82. The van der Waals surface area contributed by atoms with Gasteiger partial charge in [0.25, 0.3) is 10.1 Å². The van der Waals surface area contributed by atoms with Crippen molar-refractivity contribution < 1.29 is 37.1 Å². The Hall–Kier alpha value is -1.19. The van der Waals surface area contributed by atoms with Crippen molar-refractivity contribution in [1.82, 2.24) is 0 Å². The van der Waals surface area contributed by atoms with E-state index >= 15 is 0 Å². The number of esters is 2. The molecule has 0 bridgehead atoms. The lowest BCUT2D eigenvalue weighted by atomic mass is 10.1. The van der Waals surface area contributed by atoms with Gasteiger partial charge in [-0.05, 0) is 6.42 Å². The van der Waals surface area contributed by atoms with Crippen LogP contribution in [0.1, 0.15) is 90.9 Å². The van der Waals surface area contributed by atoms with Gasteiger partial charge in [0.15, 0.2) is 11.5 Å². The first-order valence-corrected chi connectivity index (χ1v) is 11.7. The van der Waals surface area contributed by atoms with Crippen LogP contribution in [0.4, 0.5) is 0 Å². The molecule has 0 saturated heterocycles. The van der Waals surface area contributed by atoms with Crippen molar-refractivity contribution in [2.45, 2.75) is 102 Å². The van der Waals surface area contributed by atoms with Crippen LogP contribution in [-0.4, -0.2) is 48.2 Å². The molecule has 2 atom stereocenters. The fourth-order valence-corrected chi connectivity index (χ4v) is 3.26. The number of aliphatic hydroxyl groups excluding tert-OH is 1. The number of carbonyl (C=O) groups excluding carboxylic acids is 2. The van der Waals surface area contributed by atoms with Gasteiger partial charge in [0.05, 0.1) is 13.0 Å². The molecule has 0 aliphatic heterocycles. The Morgan fingerprint density at radius 3 is 1.86 bits per heavy atom. The first-order chi connectivity index (χ1) is 13.2. The maximum atomic E-state index is 11.9. The summed E-state index contributed by atoms with van der Waals surface area (Å²) in [5, 5.41) is 7.18. The summed E-state index contributed by atoms with van der Waals surface area (Å²) in [5.74, 6) is -2.30. The number of aliphatic hydroxyl groups is 1. The number of carbonyl (C=O) groups is 2. The largest absolute Gasteiger partial charge is 0.465 e. The molecule has 0 rings (SSSR count). The molecular weight excluding hydrogens is 388 g/mol. The third kappa shape index (κ3) is 13.9. The quantitative estimate of drug-likeness (QED) is 0.157. The van der Waals surface area contributed by atoms with Gasteiger partial charge in [-0.15, -0.1) is 0 Å². The summed E-state index contributed by atoms with van der Waals surface area (Å²) in [6, 6.07) is 0. The summed E-state index contributed by atoms with van der Waals surface area (Å²) >= 11 is 0. The number of rotatable bonds is 17. The SMILES string of the molecule is CCCCCCCCCCCCOC(=O)C(CC(=O)OC(O)CC)S(=O)(=O)O. The van der Waals surface area contributed by atoms with Gasteiger partial charge in [0.2, 0.25) is 0 Å². The third-order valence-corrected chi connectivity index (χ3v) is 5.41. The van der Waals surface area contributed by atoms with E-state index in [4.69, 9.17) is 9.29 Å². The highest BCUT2D eigenvalue weighted by atomic mass is 32.2. The first-order valence-electron chi connectivity index (χ1n) is 10.2. The molecule has 28 heavy (non-hydrogen) atoms. The predicted octanol–water partition coefficient (Wildman–Crippen LogP) is 3.37. The molecule has 0 radical (unpaired) electrons. The molecule has 0 aromatic rings. The molecule has 9 heteroatoms. The zero-order chi connectivity index (χ0) is 21.4. The van der Waals surface area contributed by atoms with Gasteiger partial charge in [0.1, 0.15) is 0 Å². The second kappa shape index (κ2) is 15.7. The van der Waals surface area contributed by atoms with Gasteiger partial charge in [-0.1, -0.05) is 71.6 Å². The Morgan fingerprint density at radius 1 is 0.893 bits per heavy atom. The smallest absolute Gasteiger partial charge is 0.327 e. The van der Waals surface area contributed by atoms with Crippen molar-refractivity contribution in [2.24, 2.45) is 0 Å². The van der Waals surface area contributed by atoms with Crippen molar-refractivity contribution >= 4 is 22.1 Å². The number of ether oxygens (including phenoxy) is 2. The zero-order valence-electron chi connectivity index (χ0n) is 17.1. The average Bonchev–Trinajstić information content (AvgIpc) is 2.62. The second-order valence-electron chi connectivity index (χ2n) is 6.91. The number of unbranched alkanes of at least 4 members (excludes halogenated alkanes) is 9. The molecule has 166 valence electrons. The Balaban J connectivity index is 4.05. The standard InChI is InChI=1S/C19H36O8S/c1-3-5-6-7-8-9-10-11-12-13-14-26-19(22)16(28(23,24)25)15-18(21)27-17(20)4-2/h16-17,20H,3-15H2,1-2H3,(H,23,24,25). The highest BCUT2D eigenvalue weighted by molar-refractivity contribution is 7.87. The van der Waals surface area contributed by atoms with Crippen molar-refractivity contribution in [1.29, 1.82) is 0 Å². The van der Waals surface area contributed by atoms with E-state index in [0.29, 0.717) is 6.42 Å². The van der Waals surface area contributed by atoms with Gasteiger partial charge >= 0.3 is 11.9 Å². The van der Waals surface area contributed by atoms with Gasteiger partial charge in [-0.3, -0.25) is 14.1 Å². The van der Waals surface area contributed by atoms with Crippen LogP contribution < -0.4 is 0 Å². The van der Waals surface area contributed by atoms with E-state index in [-0.39, 0.29) is 13.0 Å². The second-order valence-corrected chi connectivity index (χ2v) is 8.51. The Labute approximate surface area is 168 Å². The molecule has 0 aromatic carbocycles. The molecule has 0 aliphatic rings. The molecule has 2 unspecified atom stereocenters. The lowest BCUT2D eigenvalue weighted by molar-refractivity contribution is -0.169. The van der Waals surface area contributed by atoms with E-state index in [2.05, 4.69) is 11.7 Å². The van der Waals surface area contributed by atoms with E-state index in [1.165, 1.54) is 38.5 Å². The van der Waals surface area contributed by atoms with Crippen LogP contribution in [0.15, 0.2) is 0 Å². The fraction of sp³-hybridized carbons (Fsp3) is 0.895. The lowest BCUT2D eigenvalue weighted by Crippen LogP contribution is -2.35. The summed E-state index contributed by atoms with van der Waals surface area (Å²) in [4.78, 5) is 23.5. The van der Waals surface area contributed by atoms with Crippen LogP contribution in [0.5, 0.6) is 0 Å². The minimum Gasteiger partial charge on any atom is -0.465 e. The fourth-order valence-electron chi connectivity index (χ4n) is 2.60. The van der Waals surface area contributed by atoms with Crippen LogP contribution in [0.25, 0.3) is 0 Å². The molecule has 0 aromatic heterocycles. The summed E-state index contributed by atoms with van der Waals surface area (Å²) in [7, 11) is -4.82. The summed E-state index contributed by atoms with van der Waals surface area (Å²) in [5.41, 5.74) is 0. The molecule has 0 amide bonds. The topological polar surface area (TPSA) is 127 Å². The molecule has 0 spiro atoms. The Bertz CT molecular complexity index is 532. The molecule has 2 N–H and O–H groups in total. The van der Waals surface area contributed by atoms with Crippen LogP contribution in [0.2, 0.25) is 0 Å². The van der Waals surface area contributed by atoms with Gasteiger partial charge < -0.3 is 14.6 Å². The molecule has 0 saturated carbocycles. The monoisotopic (exact) mass is 424 g/mol. The van der Waals surface area contributed by atoms with E-state index in [9.17, 15) is 23.1 Å². The Kier molecular flexibility index (Phi) is 15.0. The highest BCUT2D eigenvalue weighted by Gasteiger charge is 2.36. The highest BCUT2D eigenvalue weighted by Crippen LogP contribution is 2.12. The zero-order valence-corrected chi connectivity index (χ0v) is 17.9. The van der Waals surface area contributed by atoms with Gasteiger partial charge in [-0.2, -0.15) is 8.42 Å². The molecule has 0 heterocycles. The van der Waals surface area contributed by atoms with E-state index < -0.39 is 40.0 Å². The first kappa shape index (κ1) is 26.8. The van der Waals surface area contributed by atoms with E-state index in [1.807, 2.05) is 0 Å². The maximum absolute atomic E-state index is 11.9. The van der Waals surface area contributed by atoms with Crippen molar-refractivity contribution in [3.8, 4) is 0 Å². The van der Waals surface area contributed by atoms with Crippen LogP contribution in [0.3, 0.4) is 0 Å². The minimum absolute atomic E-state index is 0.0218. The number of hydrogen-bond acceptors (Lipinski definition) is 7.